The number of benzene rings is 2. The lowest BCUT2D eigenvalue weighted by molar-refractivity contribution is 0.104. The van der Waals surface area contributed by atoms with Crippen LogP contribution in [-0.4, -0.2) is 27.1 Å². The van der Waals surface area contributed by atoms with Crippen molar-refractivity contribution in [3.8, 4) is 17.2 Å². The molecular formula is C20H22O4. The molecule has 126 valence electrons. The van der Waals surface area contributed by atoms with Gasteiger partial charge in [0.15, 0.2) is 17.3 Å². The van der Waals surface area contributed by atoms with Crippen molar-refractivity contribution in [2.75, 3.05) is 21.3 Å². The topological polar surface area (TPSA) is 44.8 Å². The van der Waals surface area contributed by atoms with E-state index in [9.17, 15) is 4.79 Å². The van der Waals surface area contributed by atoms with E-state index in [1.165, 1.54) is 5.56 Å². The highest BCUT2D eigenvalue weighted by atomic mass is 16.5. The molecule has 0 fully saturated rings. The molecular weight excluding hydrogens is 304 g/mol. The third-order valence-corrected chi connectivity index (χ3v) is 3.91. The van der Waals surface area contributed by atoms with Crippen LogP contribution >= 0.6 is 0 Å². The van der Waals surface area contributed by atoms with Crippen LogP contribution in [0.1, 0.15) is 27.0 Å². The van der Waals surface area contributed by atoms with Crippen molar-refractivity contribution in [3.63, 3.8) is 0 Å². The van der Waals surface area contributed by atoms with E-state index in [1.54, 1.807) is 45.6 Å². The second kappa shape index (κ2) is 7.68. The molecule has 0 aliphatic carbocycles. The molecule has 0 amide bonds. The zero-order chi connectivity index (χ0) is 17.7. The van der Waals surface area contributed by atoms with Gasteiger partial charge in [0.25, 0.3) is 0 Å². The molecule has 0 unspecified atom stereocenters. The average molecular weight is 326 g/mol. The first-order valence-corrected chi connectivity index (χ1v) is 7.59. The van der Waals surface area contributed by atoms with Gasteiger partial charge in [0.2, 0.25) is 5.75 Å². The van der Waals surface area contributed by atoms with E-state index in [4.69, 9.17) is 14.2 Å². The first-order chi connectivity index (χ1) is 11.5. The van der Waals surface area contributed by atoms with E-state index >= 15 is 0 Å². The van der Waals surface area contributed by atoms with Crippen molar-refractivity contribution in [1.82, 2.24) is 0 Å². The molecule has 2 rings (SSSR count). The molecule has 0 bridgehead atoms. The predicted octanol–water partition coefficient (Wildman–Crippen LogP) is 4.23. The number of methoxy groups -OCH3 is 3. The smallest absolute Gasteiger partial charge is 0.203 e. The van der Waals surface area contributed by atoms with Gasteiger partial charge in [-0.3, -0.25) is 4.79 Å². The van der Waals surface area contributed by atoms with Gasteiger partial charge in [-0.05, 0) is 54.8 Å². The third kappa shape index (κ3) is 3.77. The summed E-state index contributed by atoms with van der Waals surface area (Å²) in [5.74, 6) is 1.58. The molecule has 24 heavy (non-hydrogen) atoms. The van der Waals surface area contributed by atoms with Crippen LogP contribution in [0.2, 0.25) is 0 Å². The number of hydrogen-bond donors (Lipinski definition) is 0. The van der Waals surface area contributed by atoms with E-state index in [1.807, 2.05) is 32.0 Å². The molecule has 4 heteroatoms. The number of allylic oxidation sites excluding steroid dienone is 1. The fourth-order valence-electron chi connectivity index (χ4n) is 2.36. The fraction of sp³-hybridized carbons (Fsp3) is 0.250. The maximum absolute atomic E-state index is 12.3. The maximum atomic E-state index is 12.3. The molecule has 4 nitrogen and oxygen atoms in total. The van der Waals surface area contributed by atoms with E-state index in [-0.39, 0.29) is 5.78 Å². The second-order valence-electron chi connectivity index (χ2n) is 5.46. The van der Waals surface area contributed by atoms with Gasteiger partial charge >= 0.3 is 0 Å². The van der Waals surface area contributed by atoms with Crippen LogP contribution in [0.15, 0.2) is 36.4 Å². The number of carbonyl (C=O) groups excluding carboxylic acids is 1. The summed E-state index contributed by atoms with van der Waals surface area (Å²) >= 11 is 0. The molecule has 0 atom stereocenters. The third-order valence-electron chi connectivity index (χ3n) is 3.91. The molecule has 0 aliphatic rings. The first-order valence-electron chi connectivity index (χ1n) is 7.59. The molecule has 2 aromatic rings. The highest BCUT2D eigenvalue weighted by molar-refractivity contribution is 6.07. The number of rotatable bonds is 6. The van der Waals surface area contributed by atoms with Crippen molar-refractivity contribution in [2.45, 2.75) is 13.8 Å². The number of hydrogen-bond acceptors (Lipinski definition) is 4. The minimum atomic E-state index is -0.0492. The van der Waals surface area contributed by atoms with Crippen LogP contribution in [-0.2, 0) is 0 Å². The van der Waals surface area contributed by atoms with Crippen LogP contribution in [0.3, 0.4) is 0 Å². The van der Waals surface area contributed by atoms with Gasteiger partial charge in [-0.1, -0.05) is 18.2 Å². The van der Waals surface area contributed by atoms with Gasteiger partial charge in [0, 0.05) is 5.56 Å². The zero-order valence-corrected chi connectivity index (χ0v) is 14.7. The molecule has 0 aromatic heterocycles. The Hall–Kier alpha value is -2.75. The van der Waals surface area contributed by atoms with Gasteiger partial charge in [-0.15, -0.1) is 0 Å². The largest absolute Gasteiger partial charge is 0.493 e. The van der Waals surface area contributed by atoms with Crippen molar-refractivity contribution >= 4 is 11.9 Å². The number of ether oxygens (including phenoxy) is 3. The fourth-order valence-corrected chi connectivity index (χ4v) is 2.36. The van der Waals surface area contributed by atoms with Crippen LogP contribution in [0, 0.1) is 13.8 Å². The summed E-state index contributed by atoms with van der Waals surface area (Å²) in [5, 5.41) is 0. The molecule has 0 spiro atoms. The van der Waals surface area contributed by atoms with E-state index in [0.717, 1.165) is 11.1 Å². The molecule has 2 aromatic carbocycles. The summed E-state index contributed by atoms with van der Waals surface area (Å²) in [5.41, 5.74) is 3.73. The van der Waals surface area contributed by atoms with Gasteiger partial charge in [0.1, 0.15) is 0 Å². The Morgan fingerprint density at radius 2 is 1.50 bits per heavy atom. The summed E-state index contributed by atoms with van der Waals surface area (Å²) in [7, 11) is 4.68. The van der Waals surface area contributed by atoms with Gasteiger partial charge < -0.3 is 14.2 Å². The highest BCUT2D eigenvalue weighted by Crippen LogP contribution is 2.38. The minimum absolute atomic E-state index is 0.0492. The maximum Gasteiger partial charge on any atom is 0.203 e. The lowest BCUT2D eigenvalue weighted by atomic mass is 10.0. The normalized spacial score (nSPS) is 10.7. The Bertz CT molecular complexity index is 750. The lowest BCUT2D eigenvalue weighted by Crippen LogP contribution is -1.97. The molecule has 0 saturated heterocycles. The van der Waals surface area contributed by atoms with Gasteiger partial charge in [0.05, 0.1) is 21.3 Å². The predicted molar refractivity (Wildman–Crippen MR) is 95.4 cm³/mol. The van der Waals surface area contributed by atoms with Crippen molar-refractivity contribution < 1.29 is 19.0 Å². The van der Waals surface area contributed by atoms with E-state index < -0.39 is 0 Å². The van der Waals surface area contributed by atoms with E-state index in [0.29, 0.717) is 22.8 Å². The van der Waals surface area contributed by atoms with Crippen LogP contribution in [0.4, 0.5) is 0 Å². The number of carbonyl (C=O) groups is 1. The van der Waals surface area contributed by atoms with Crippen LogP contribution < -0.4 is 14.2 Å². The summed E-state index contributed by atoms with van der Waals surface area (Å²) in [6.07, 6.45) is 3.28. The minimum Gasteiger partial charge on any atom is -0.493 e. The standard InChI is InChI=1S/C20H22O4/c1-13-6-8-16(10-14(13)2)17(21)9-7-15-11-18(22-3)20(24-5)19(12-15)23-4/h6-12H,1-5H3. The number of ketones is 1. The van der Waals surface area contributed by atoms with E-state index in [2.05, 4.69) is 0 Å². The molecule has 0 aliphatic heterocycles. The first kappa shape index (κ1) is 17.6. The Kier molecular flexibility index (Phi) is 5.64. The second-order valence-corrected chi connectivity index (χ2v) is 5.46. The van der Waals surface area contributed by atoms with Gasteiger partial charge in [-0.2, -0.15) is 0 Å². The Labute approximate surface area is 142 Å². The molecule has 0 saturated carbocycles. The Balaban J connectivity index is 2.30. The molecule has 0 radical (unpaired) electrons. The highest BCUT2D eigenvalue weighted by Gasteiger charge is 2.12. The Morgan fingerprint density at radius 1 is 0.875 bits per heavy atom. The van der Waals surface area contributed by atoms with Gasteiger partial charge in [-0.25, -0.2) is 0 Å². The van der Waals surface area contributed by atoms with Crippen molar-refractivity contribution in [3.05, 3.63) is 58.7 Å². The summed E-state index contributed by atoms with van der Waals surface area (Å²) < 4.78 is 15.9. The monoisotopic (exact) mass is 326 g/mol. The summed E-state index contributed by atoms with van der Waals surface area (Å²) in [6, 6.07) is 9.29. The van der Waals surface area contributed by atoms with Crippen molar-refractivity contribution in [1.29, 1.82) is 0 Å². The lowest BCUT2D eigenvalue weighted by Gasteiger charge is -2.12. The SMILES string of the molecule is COc1cc(C=CC(=O)c2ccc(C)c(C)c2)cc(OC)c1OC. The zero-order valence-electron chi connectivity index (χ0n) is 14.7. The molecule has 0 heterocycles. The Morgan fingerprint density at radius 3 is 2.00 bits per heavy atom. The van der Waals surface area contributed by atoms with Crippen molar-refractivity contribution in [2.24, 2.45) is 0 Å². The summed E-state index contributed by atoms with van der Waals surface area (Å²) in [6.45, 7) is 4.02. The average Bonchev–Trinajstić information content (AvgIpc) is 2.60. The quantitative estimate of drug-likeness (QED) is 0.589. The van der Waals surface area contributed by atoms with Crippen LogP contribution in [0.5, 0.6) is 17.2 Å². The molecule has 0 N–H and O–H groups in total. The number of aryl methyl sites for hydroxylation is 2. The summed E-state index contributed by atoms with van der Waals surface area (Å²) in [4.78, 5) is 12.3. The van der Waals surface area contributed by atoms with Crippen LogP contribution in [0.25, 0.3) is 6.08 Å².